The summed E-state index contributed by atoms with van der Waals surface area (Å²) in [7, 11) is 0. The second-order valence-electron chi connectivity index (χ2n) is 16.8. The molecule has 0 unspecified atom stereocenters. The Morgan fingerprint density at radius 3 is 1.55 bits per heavy atom. The van der Waals surface area contributed by atoms with Crippen LogP contribution in [-0.2, 0) is 56.7 Å². The molecule has 2 fully saturated rings. The van der Waals surface area contributed by atoms with Gasteiger partial charge in [0, 0.05) is 6.07 Å². The van der Waals surface area contributed by atoms with Crippen molar-refractivity contribution in [2.45, 2.75) is 102 Å². The van der Waals surface area contributed by atoms with E-state index in [-0.39, 0.29) is 43.9 Å². The normalized spacial score (nSPS) is 19.9. The van der Waals surface area contributed by atoms with Crippen molar-refractivity contribution < 1.29 is 42.3 Å². The van der Waals surface area contributed by atoms with Crippen molar-refractivity contribution >= 4 is 11.0 Å². The molecule has 0 spiro atoms. The van der Waals surface area contributed by atoms with E-state index in [1.165, 1.54) is 0 Å². The Morgan fingerprint density at radius 2 is 0.985 bits per heavy atom. The number of benzene rings is 6. The highest BCUT2D eigenvalue weighted by Gasteiger charge is 2.50. The lowest BCUT2D eigenvalue weighted by Crippen LogP contribution is -2.62. The van der Waals surface area contributed by atoms with E-state index in [4.69, 9.17) is 42.3 Å². The molecule has 2 heterocycles. The van der Waals surface area contributed by atoms with E-state index in [9.17, 15) is 4.79 Å². The maximum Gasteiger partial charge on any atom is 0.383 e. The highest BCUT2D eigenvalue weighted by molar-refractivity contribution is 5.86. The molecule has 1 aliphatic carbocycles. The third-order valence-electron chi connectivity index (χ3n) is 11.9. The van der Waals surface area contributed by atoms with Gasteiger partial charge in [-0.05, 0) is 65.6 Å². The van der Waals surface area contributed by atoms with Crippen LogP contribution in [0.15, 0.2) is 179 Å². The van der Waals surface area contributed by atoms with Crippen LogP contribution in [0.4, 0.5) is 0 Å². The summed E-state index contributed by atoms with van der Waals surface area (Å²) < 4.78 is 59.7. The molecule has 6 aromatic carbocycles. The Morgan fingerprint density at radius 1 is 0.485 bits per heavy atom. The molecule has 1 saturated heterocycles. The molecule has 340 valence electrons. The first-order chi connectivity index (χ1) is 32.6. The van der Waals surface area contributed by atoms with Crippen LogP contribution in [0.25, 0.3) is 11.0 Å². The van der Waals surface area contributed by atoms with Gasteiger partial charge in [0.1, 0.15) is 42.4 Å². The van der Waals surface area contributed by atoms with Crippen molar-refractivity contribution in [2.24, 2.45) is 0 Å². The Balaban J connectivity index is 1.06. The summed E-state index contributed by atoms with van der Waals surface area (Å²) in [5.74, 6) is 0.805. The average Bonchev–Trinajstić information content (AvgIpc) is 3.37. The molecule has 0 radical (unpaired) electrons. The zero-order valence-electron chi connectivity index (χ0n) is 37.0. The molecule has 5 atom stereocenters. The lowest BCUT2D eigenvalue weighted by molar-refractivity contribution is -0.310. The van der Waals surface area contributed by atoms with Crippen molar-refractivity contribution in [3.63, 3.8) is 0 Å². The molecule has 1 aromatic heterocycles. The summed E-state index contributed by atoms with van der Waals surface area (Å²) in [5, 5.41) is 0.579. The molecular weight excluding hydrogens is 833 g/mol. The second kappa shape index (κ2) is 22.8. The Labute approximate surface area is 385 Å². The van der Waals surface area contributed by atoms with Crippen LogP contribution < -0.4 is 19.8 Å². The highest BCUT2D eigenvalue weighted by atomic mass is 16.7. The smallest absolute Gasteiger partial charge is 0.383 e. The number of fused-ring (bicyclic) bond motifs is 1. The first-order valence-electron chi connectivity index (χ1n) is 23.0. The largest absolute Gasteiger partial charge is 0.484 e. The van der Waals surface area contributed by atoms with Gasteiger partial charge in [-0.15, -0.1) is 0 Å². The van der Waals surface area contributed by atoms with E-state index < -0.39 is 36.3 Å². The van der Waals surface area contributed by atoms with Crippen molar-refractivity contribution in [2.75, 3.05) is 6.61 Å². The van der Waals surface area contributed by atoms with Crippen molar-refractivity contribution in [3.05, 3.63) is 208 Å². The van der Waals surface area contributed by atoms with E-state index in [2.05, 4.69) is 0 Å². The minimum Gasteiger partial charge on any atom is -0.484 e. The van der Waals surface area contributed by atoms with Crippen LogP contribution in [-0.4, -0.2) is 43.4 Å². The molecule has 2 aliphatic rings. The van der Waals surface area contributed by atoms with Gasteiger partial charge in [-0.2, -0.15) is 0 Å². The summed E-state index contributed by atoms with van der Waals surface area (Å²) in [6.07, 6.45) is 1.04. The quantitative estimate of drug-likeness (QED) is 0.0687. The van der Waals surface area contributed by atoms with Crippen LogP contribution in [0.3, 0.4) is 0 Å². The number of ether oxygens (including phenoxy) is 8. The fraction of sp³-hybridized carbons (Fsp3) is 0.304. The monoisotopic (exact) mass is 888 g/mol. The number of hydrogen-bond donors (Lipinski definition) is 0. The molecule has 66 heavy (non-hydrogen) atoms. The molecule has 1 aliphatic heterocycles. The topological polar surface area (TPSA) is 104 Å². The van der Waals surface area contributed by atoms with E-state index >= 15 is 0 Å². The zero-order valence-corrected chi connectivity index (χ0v) is 37.0. The van der Waals surface area contributed by atoms with Gasteiger partial charge in [0.2, 0.25) is 12.0 Å². The van der Waals surface area contributed by atoms with E-state index in [0.29, 0.717) is 30.1 Å². The van der Waals surface area contributed by atoms with Gasteiger partial charge in [-0.25, -0.2) is 4.79 Å². The minimum atomic E-state index is -1.02. The summed E-state index contributed by atoms with van der Waals surface area (Å²) >= 11 is 0. The number of hydrogen-bond acceptors (Lipinski definition) is 10. The van der Waals surface area contributed by atoms with Crippen LogP contribution in [0, 0.1) is 0 Å². The van der Waals surface area contributed by atoms with Gasteiger partial charge >= 0.3 is 5.63 Å². The van der Waals surface area contributed by atoms with Gasteiger partial charge in [0.05, 0.1) is 44.5 Å². The Hall–Kier alpha value is -6.27. The molecule has 9 rings (SSSR count). The zero-order chi connectivity index (χ0) is 44.8. The molecule has 0 bridgehead atoms. The van der Waals surface area contributed by atoms with Gasteiger partial charge in [0.15, 0.2) is 5.75 Å². The standard InChI is InChI=1S/C56H56O10/c57-55-53(63-45-29-17-6-18-30-45)50(59-35-41-21-9-2-10-22-41)47-32-31-46(33-48(47)65-55)64-56-54(62-38-44-27-15-5-16-28-44)52(61-37-43-25-13-4-14-26-43)51(60-36-42-23-11-3-12-24-42)49(66-56)39-58-34-40-19-7-1-8-20-40/h1-5,7-16,19-28,31-33,45,49,51-52,54,56H,6,17-18,29-30,34-39H2/t49-,51+,52+,54-,56-/m1/s1. The maximum atomic E-state index is 13.9. The Bertz CT molecular complexity index is 2590. The van der Waals surface area contributed by atoms with Gasteiger partial charge in [-0.1, -0.05) is 158 Å². The van der Waals surface area contributed by atoms with Crippen LogP contribution in [0.5, 0.6) is 17.2 Å². The molecule has 0 N–H and O–H groups in total. The first-order valence-corrected chi connectivity index (χ1v) is 23.0. The SMILES string of the molecule is O=c1oc2cc(O[C@@H]3O[C@H](COCc4ccccc4)[C@H](OCc4ccccc4)[C@H](OCc4ccccc4)[C@H]3OCc3ccccc3)ccc2c(OCc2ccccc2)c1OC1CCCCC1. The molecule has 0 amide bonds. The summed E-state index contributed by atoms with van der Waals surface area (Å²) in [6, 6.07) is 55.2. The third kappa shape index (κ3) is 11.9. The molecule has 10 heteroatoms. The highest BCUT2D eigenvalue weighted by Crippen LogP contribution is 2.39. The second-order valence-corrected chi connectivity index (χ2v) is 16.8. The fourth-order valence-electron chi connectivity index (χ4n) is 8.51. The van der Waals surface area contributed by atoms with E-state index in [1.54, 1.807) is 6.07 Å². The van der Waals surface area contributed by atoms with Crippen LogP contribution >= 0.6 is 0 Å². The number of rotatable bonds is 20. The van der Waals surface area contributed by atoms with Crippen LogP contribution in [0.2, 0.25) is 0 Å². The van der Waals surface area contributed by atoms with Crippen molar-refractivity contribution in [3.8, 4) is 17.2 Å². The maximum absolute atomic E-state index is 13.9. The lowest BCUT2D eigenvalue weighted by Gasteiger charge is -2.45. The predicted molar refractivity (Wildman–Crippen MR) is 251 cm³/mol. The predicted octanol–water partition coefficient (Wildman–Crippen LogP) is 11.2. The third-order valence-corrected chi connectivity index (χ3v) is 11.9. The summed E-state index contributed by atoms with van der Waals surface area (Å²) in [4.78, 5) is 13.9. The first kappa shape index (κ1) is 44.9. The summed E-state index contributed by atoms with van der Waals surface area (Å²) in [5.41, 5.74) is 4.60. The van der Waals surface area contributed by atoms with Crippen molar-refractivity contribution in [1.82, 2.24) is 0 Å². The van der Waals surface area contributed by atoms with E-state index in [0.717, 1.165) is 59.9 Å². The lowest BCUT2D eigenvalue weighted by atomic mass is 9.97. The van der Waals surface area contributed by atoms with Gasteiger partial charge < -0.3 is 42.3 Å². The van der Waals surface area contributed by atoms with E-state index in [1.807, 2.05) is 164 Å². The van der Waals surface area contributed by atoms with Crippen LogP contribution in [0.1, 0.15) is 59.9 Å². The summed E-state index contributed by atoms with van der Waals surface area (Å²) in [6.45, 7) is 1.61. The fourth-order valence-corrected chi connectivity index (χ4v) is 8.51. The van der Waals surface area contributed by atoms with Gasteiger partial charge in [-0.3, -0.25) is 0 Å². The average molecular weight is 889 g/mol. The molecule has 1 saturated carbocycles. The molecule has 7 aromatic rings. The van der Waals surface area contributed by atoms with Gasteiger partial charge in [0.25, 0.3) is 0 Å². The molecular formula is C56H56O10. The minimum absolute atomic E-state index is 0.0854. The Kier molecular flexibility index (Phi) is 15.5. The van der Waals surface area contributed by atoms with Crippen molar-refractivity contribution in [1.29, 1.82) is 0 Å². The molecule has 10 nitrogen and oxygen atoms in total.